The number of hydrogen-bond acceptors (Lipinski definition) is 3. The minimum absolute atomic E-state index is 0.360. The maximum Gasteiger partial charge on any atom is 0.339 e. The first-order valence-corrected chi connectivity index (χ1v) is 5.68. The Morgan fingerprint density at radius 2 is 2.57 bits per heavy atom. The molecule has 0 amide bonds. The molecule has 0 aliphatic carbocycles. The Hall–Kier alpha value is -0.970. The van der Waals surface area contributed by atoms with Crippen LogP contribution >= 0.6 is 11.8 Å². The summed E-state index contributed by atoms with van der Waals surface area (Å²) in [5, 5.41) is 13.0. The summed E-state index contributed by atoms with van der Waals surface area (Å²) in [7, 11) is 1.81. The summed E-state index contributed by atoms with van der Waals surface area (Å²) < 4.78 is 1.69. The van der Waals surface area contributed by atoms with Crippen molar-refractivity contribution in [2.45, 2.75) is 12.3 Å². The molecule has 76 valence electrons. The van der Waals surface area contributed by atoms with Crippen LogP contribution in [0.5, 0.6) is 0 Å². The predicted octanol–water partition coefficient (Wildman–Crippen LogP) is 1.34. The van der Waals surface area contributed by atoms with Crippen LogP contribution < -0.4 is 0 Å². The molecule has 0 radical (unpaired) electrons. The van der Waals surface area contributed by atoms with Gasteiger partial charge < -0.3 is 5.11 Å². The molecule has 0 aromatic carbocycles. The number of hydrogen-bond donors (Lipinski definition) is 1. The molecule has 1 N–H and O–H groups in total. The number of aryl methyl sites for hydroxylation is 1. The SMILES string of the molecule is Cn1ncc(C(=O)O)c1C1CCSC1. The van der Waals surface area contributed by atoms with Crippen molar-refractivity contribution in [2.75, 3.05) is 11.5 Å². The van der Waals surface area contributed by atoms with E-state index in [9.17, 15) is 4.79 Å². The molecule has 1 aliphatic heterocycles. The van der Waals surface area contributed by atoms with Crippen LogP contribution in [0, 0.1) is 0 Å². The van der Waals surface area contributed by atoms with Crippen LogP contribution in [0.3, 0.4) is 0 Å². The zero-order valence-electron chi connectivity index (χ0n) is 7.93. The van der Waals surface area contributed by atoms with E-state index in [4.69, 9.17) is 5.11 Å². The van der Waals surface area contributed by atoms with Crippen molar-refractivity contribution in [1.29, 1.82) is 0 Å². The smallest absolute Gasteiger partial charge is 0.339 e. The molecule has 0 bridgehead atoms. The standard InChI is InChI=1S/C9H12N2O2S/c1-11-8(6-2-3-14-5-6)7(4-10-11)9(12)13/h4,6H,2-3,5H2,1H3,(H,12,13). The Bertz CT molecular complexity index is 356. The third kappa shape index (κ3) is 1.52. The van der Waals surface area contributed by atoms with Gasteiger partial charge in [-0.1, -0.05) is 0 Å². The van der Waals surface area contributed by atoms with Crippen LogP contribution in [0.4, 0.5) is 0 Å². The molecule has 1 aromatic rings. The third-order valence-electron chi connectivity index (χ3n) is 2.53. The van der Waals surface area contributed by atoms with Crippen molar-refractivity contribution >= 4 is 17.7 Å². The van der Waals surface area contributed by atoms with Crippen LogP contribution in [-0.2, 0) is 7.05 Å². The van der Waals surface area contributed by atoms with E-state index in [2.05, 4.69) is 5.10 Å². The summed E-state index contributed by atoms with van der Waals surface area (Å²) in [5.41, 5.74) is 1.24. The van der Waals surface area contributed by atoms with Gasteiger partial charge in [-0.3, -0.25) is 4.68 Å². The third-order valence-corrected chi connectivity index (χ3v) is 3.69. The van der Waals surface area contributed by atoms with Crippen molar-refractivity contribution in [1.82, 2.24) is 9.78 Å². The summed E-state index contributed by atoms with van der Waals surface area (Å²) in [5.74, 6) is 1.62. The Morgan fingerprint density at radius 1 is 1.79 bits per heavy atom. The molecule has 1 fully saturated rings. The van der Waals surface area contributed by atoms with E-state index in [1.165, 1.54) is 6.20 Å². The van der Waals surface area contributed by atoms with Crippen LogP contribution in [0.25, 0.3) is 0 Å². The molecule has 1 unspecified atom stereocenters. The van der Waals surface area contributed by atoms with E-state index in [0.29, 0.717) is 11.5 Å². The van der Waals surface area contributed by atoms with Gasteiger partial charge in [-0.15, -0.1) is 0 Å². The highest BCUT2D eigenvalue weighted by Crippen LogP contribution is 2.33. The number of nitrogens with zero attached hydrogens (tertiary/aromatic N) is 2. The van der Waals surface area contributed by atoms with Crippen LogP contribution in [0.15, 0.2) is 6.20 Å². The number of carboxylic acid groups (broad SMARTS) is 1. The second-order valence-corrected chi connectivity index (χ2v) is 4.58. The lowest BCUT2D eigenvalue weighted by Gasteiger charge is -2.09. The zero-order chi connectivity index (χ0) is 10.1. The first kappa shape index (κ1) is 9.58. The van der Waals surface area contributed by atoms with Gasteiger partial charge in [0.15, 0.2) is 0 Å². The van der Waals surface area contributed by atoms with Gasteiger partial charge in [-0.05, 0) is 12.2 Å². The van der Waals surface area contributed by atoms with Gasteiger partial charge in [-0.25, -0.2) is 4.79 Å². The van der Waals surface area contributed by atoms with Gasteiger partial charge in [0.2, 0.25) is 0 Å². The molecule has 2 heterocycles. The predicted molar refractivity (Wildman–Crippen MR) is 54.9 cm³/mol. The highest BCUT2D eigenvalue weighted by molar-refractivity contribution is 7.99. The number of carbonyl (C=O) groups is 1. The lowest BCUT2D eigenvalue weighted by Crippen LogP contribution is -2.10. The first-order valence-electron chi connectivity index (χ1n) is 4.53. The molecule has 1 aromatic heterocycles. The van der Waals surface area contributed by atoms with Crippen LogP contribution in [0.2, 0.25) is 0 Å². The lowest BCUT2D eigenvalue weighted by molar-refractivity contribution is 0.0695. The molecular formula is C9H12N2O2S. The van der Waals surface area contributed by atoms with E-state index in [1.807, 2.05) is 18.8 Å². The Labute approximate surface area is 86.3 Å². The molecule has 14 heavy (non-hydrogen) atoms. The van der Waals surface area contributed by atoms with Crippen molar-refractivity contribution < 1.29 is 9.90 Å². The van der Waals surface area contributed by atoms with Crippen LogP contribution in [0.1, 0.15) is 28.4 Å². The molecule has 1 aliphatic rings. The quantitative estimate of drug-likeness (QED) is 0.803. The van der Waals surface area contributed by atoms with Gasteiger partial charge in [0.1, 0.15) is 5.56 Å². The number of thioether (sulfide) groups is 1. The van der Waals surface area contributed by atoms with Crippen molar-refractivity contribution in [3.05, 3.63) is 17.5 Å². The Morgan fingerprint density at radius 3 is 3.14 bits per heavy atom. The summed E-state index contributed by atoms with van der Waals surface area (Å²) in [6.45, 7) is 0. The summed E-state index contributed by atoms with van der Waals surface area (Å²) in [6, 6.07) is 0. The van der Waals surface area contributed by atoms with Gasteiger partial charge in [0.25, 0.3) is 0 Å². The topological polar surface area (TPSA) is 55.1 Å². The van der Waals surface area contributed by atoms with Gasteiger partial charge in [0.05, 0.1) is 11.9 Å². The monoisotopic (exact) mass is 212 g/mol. The van der Waals surface area contributed by atoms with Crippen LogP contribution in [-0.4, -0.2) is 32.4 Å². The van der Waals surface area contributed by atoms with E-state index in [1.54, 1.807) is 4.68 Å². The summed E-state index contributed by atoms with van der Waals surface area (Å²) >= 11 is 1.88. The van der Waals surface area contributed by atoms with Gasteiger partial charge in [-0.2, -0.15) is 16.9 Å². The van der Waals surface area contributed by atoms with E-state index in [-0.39, 0.29) is 0 Å². The van der Waals surface area contributed by atoms with Crippen molar-refractivity contribution in [3.8, 4) is 0 Å². The largest absolute Gasteiger partial charge is 0.478 e. The Kier molecular flexibility index (Phi) is 2.50. The second-order valence-electron chi connectivity index (χ2n) is 3.43. The number of carboxylic acids is 1. The van der Waals surface area contributed by atoms with E-state index >= 15 is 0 Å². The maximum atomic E-state index is 10.9. The lowest BCUT2D eigenvalue weighted by atomic mass is 10.0. The minimum atomic E-state index is -0.870. The molecule has 1 saturated heterocycles. The molecule has 0 saturated carbocycles. The summed E-state index contributed by atoms with van der Waals surface area (Å²) in [4.78, 5) is 10.9. The molecule has 1 atom stereocenters. The second kappa shape index (κ2) is 3.65. The maximum absolute atomic E-state index is 10.9. The average molecular weight is 212 g/mol. The van der Waals surface area contributed by atoms with E-state index < -0.39 is 5.97 Å². The first-order chi connectivity index (χ1) is 6.70. The molecule has 4 nitrogen and oxygen atoms in total. The number of aromatic carboxylic acids is 1. The molecule has 5 heteroatoms. The van der Waals surface area contributed by atoms with Crippen molar-refractivity contribution in [3.63, 3.8) is 0 Å². The van der Waals surface area contributed by atoms with Crippen molar-refractivity contribution in [2.24, 2.45) is 7.05 Å². The number of rotatable bonds is 2. The average Bonchev–Trinajstić information content (AvgIpc) is 2.71. The highest BCUT2D eigenvalue weighted by atomic mass is 32.2. The van der Waals surface area contributed by atoms with Gasteiger partial charge >= 0.3 is 5.97 Å². The highest BCUT2D eigenvalue weighted by Gasteiger charge is 2.26. The molecule has 0 spiro atoms. The minimum Gasteiger partial charge on any atom is -0.478 e. The Balaban J connectivity index is 2.38. The summed E-state index contributed by atoms with van der Waals surface area (Å²) in [6.07, 6.45) is 2.51. The number of aromatic nitrogens is 2. The fourth-order valence-corrected chi connectivity index (χ4v) is 3.07. The zero-order valence-corrected chi connectivity index (χ0v) is 8.75. The normalized spacial score (nSPS) is 21.4. The fourth-order valence-electron chi connectivity index (χ4n) is 1.85. The molecule has 2 rings (SSSR count). The van der Waals surface area contributed by atoms with E-state index in [0.717, 1.165) is 23.6 Å². The van der Waals surface area contributed by atoms with Gasteiger partial charge in [0, 0.05) is 18.7 Å². The fraction of sp³-hybridized carbons (Fsp3) is 0.556. The molecular weight excluding hydrogens is 200 g/mol.